The van der Waals surface area contributed by atoms with Crippen LogP contribution in [0.25, 0.3) is 22.6 Å². The zero-order valence-electron chi connectivity index (χ0n) is 18.6. The summed E-state index contributed by atoms with van der Waals surface area (Å²) in [4.78, 5) is 29.8. The van der Waals surface area contributed by atoms with Crippen LogP contribution in [0.1, 0.15) is 22.3 Å². The number of fused-ring (bicyclic) bond motifs is 1. The van der Waals surface area contributed by atoms with E-state index in [1.807, 2.05) is 6.07 Å². The number of nitrogens with zero attached hydrogens (tertiary/aromatic N) is 4. The molecule has 0 radical (unpaired) electrons. The summed E-state index contributed by atoms with van der Waals surface area (Å²) in [5.74, 6) is 0.577. The zero-order chi connectivity index (χ0) is 21.6. The van der Waals surface area contributed by atoms with E-state index in [9.17, 15) is 4.79 Å². The van der Waals surface area contributed by atoms with Gasteiger partial charge in [0.2, 0.25) is 0 Å². The van der Waals surface area contributed by atoms with Crippen molar-refractivity contribution in [2.45, 2.75) is 13.0 Å². The molecule has 0 atom stereocenters. The van der Waals surface area contributed by atoms with E-state index in [1.54, 1.807) is 19.4 Å². The van der Waals surface area contributed by atoms with Crippen LogP contribution in [0.5, 0.6) is 0 Å². The molecule has 2 aromatic heterocycles. The Morgan fingerprint density at radius 3 is 2.81 bits per heavy atom. The number of carbonyl (C=O) groups is 1. The number of H-pyrrole nitrogens is 1. The number of nitrogens with one attached hydrogen (secondary N) is 2. The molecule has 2 N–H and O–H groups in total. The fourth-order valence-corrected chi connectivity index (χ4v) is 3.83. The maximum absolute atomic E-state index is 12.6. The molecule has 172 valence electrons. The highest BCUT2D eigenvalue weighted by Gasteiger charge is 2.17. The SMILES string of the molecule is COCCCNC(=O)c1ccnc2[nH]c(-c3cccc(CN4CCN(C)CC4)c3)nc12.Cl. The summed E-state index contributed by atoms with van der Waals surface area (Å²) in [6.45, 7) is 6.47. The van der Waals surface area contributed by atoms with Crippen molar-refractivity contribution < 1.29 is 9.53 Å². The maximum Gasteiger partial charge on any atom is 0.253 e. The molecule has 0 aliphatic carbocycles. The summed E-state index contributed by atoms with van der Waals surface area (Å²) in [6.07, 6.45) is 2.40. The van der Waals surface area contributed by atoms with Gasteiger partial charge in [-0.15, -0.1) is 12.4 Å². The first kappa shape index (κ1) is 24.1. The number of likely N-dealkylation sites (N-methyl/N-ethyl adjacent to an activating group) is 1. The molecule has 1 aromatic carbocycles. The molecular formula is C23H31ClN6O2. The number of amides is 1. The molecule has 0 spiro atoms. The summed E-state index contributed by atoms with van der Waals surface area (Å²) in [7, 11) is 3.82. The number of imidazole rings is 1. The van der Waals surface area contributed by atoms with Crippen LogP contribution >= 0.6 is 12.4 Å². The van der Waals surface area contributed by atoms with E-state index >= 15 is 0 Å². The number of carbonyl (C=O) groups excluding carboxylic acids is 1. The van der Waals surface area contributed by atoms with Crippen LogP contribution in [0.4, 0.5) is 0 Å². The number of hydrogen-bond acceptors (Lipinski definition) is 6. The summed E-state index contributed by atoms with van der Waals surface area (Å²) in [5.41, 5.74) is 3.98. The number of hydrogen-bond donors (Lipinski definition) is 2. The van der Waals surface area contributed by atoms with Gasteiger partial charge in [0.1, 0.15) is 11.3 Å². The van der Waals surface area contributed by atoms with Crippen LogP contribution in [0.15, 0.2) is 36.5 Å². The Balaban J connectivity index is 0.00000289. The van der Waals surface area contributed by atoms with Crippen molar-refractivity contribution >= 4 is 29.5 Å². The fraction of sp³-hybridized carbons (Fsp3) is 0.435. The lowest BCUT2D eigenvalue weighted by Crippen LogP contribution is -2.43. The number of piperazine rings is 1. The number of benzene rings is 1. The Morgan fingerprint density at radius 1 is 1.22 bits per heavy atom. The monoisotopic (exact) mass is 458 g/mol. The van der Waals surface area contributed by atoms with Crippen molar-refractivity contribution in [2.75, 3.05) is 53.5 Å². The van der Waals surface area contributed by atoms with Crippen LogP contribution in [-0.2, 0) is 11.3 Å². The first-order chi connectivity index (χ1) is 15.1. The van der Waals surface area contributed by atoms with Gasteiger partial charge in [0.05, 0.1) is 5.56 Å². The fourth-order valence-electron chi connectivity index (χ4n) is 3.83. The molecule has 9 heteroatoms. The molecule has 1 saturated heterocycles. The summed E-state index contributed by atoms with van der Waals surface area (Å²) < 4.78 is 5.03. The van der Waals surface area contributed by atoms with Crippen LogP contribution in [0.2, 0.25) is 0 Å². The minimum absolute atomic E-state index is 0. The third kappa shape index (κ3) is 5.83. The van der Waals surface area contributed by atoms with Gasteiger partial charge in [-0.2, -0.15) is 0 Å². The Kier molecular flexibility index (Phi) is 8.58. The largest absolute Gasteiger partial charge is 0.385 e. The maximum atomic E-state index is 12.6. The molecule has 8 nitrogen and oxygen atoms in total. The van der Waals surface area contributed by atoms with Gasteiger partial charge < -0.3 is 19.9 Å². The van der Waals surface area contributed by atoms with Gasteiger partial charge in [-0.25, -0.2) is 9.97 Å². The number of rotatable bonds is 8. The first-order valence-electron chi connectivity index (χ1n) is 10.8. The van der Waals surface area contributed by atoms with E-state index in [0.717, 1.165) is 50.5 Å². The molecule has 32 heavy (non-hydrogen) atoms. The number of methoxy groups -OCH3 is 1. The van der Waals surface area contributed by atoms with Crippen LogP contribution in [0.3, 0.4) is 0 Å². The second-order valence-corrected chi connectivity index (χ2v) is 8.02. The summed E-state index contributed by atoms with van der Waals surface area (Å²) >= 11 is 0. The van der Waals surface area contributed by atoms with Gasteiger partial charge in [0.25, 0.3) is 5.91 Å². The van der Waals surface area contributed by atoms with E-state index in [1.165, 1.54) is 5.56 Å². The van der Waals surface area contributed by atoms with Crippen molar-refractivity contribution in [3.63, 3.8) is 0 Å². The highest BCUT2D eigenvalue weighted by atomic mass is 35.5. The van der Waals surface area contributed by atoms with Gasteiger partial charge in [0, 0.05) is 64.7 Å². The minimum atomic E-state index is -0.148. The number of aromatic nitrogens is 3. The van der Waals surface area contributed by atoms with Gasteiger partial charge in [0.15, 0.2) is 5.65 Å². The van der Waals surface area contributed by atoms with Crippen molar-refractivity contribution in [1.82, 2.24) is 30.1 Å². The molecule has 3 heterocycles. The predicted molar refractivity (Wildman–Crippen MR) is 128 cm³/mol. The average molecular weight is 459 g/mol. The highest BCUT2D eigenvalue weighted by molar-refractivity contribution is 6.04. The number of halogens is 1. The van der Waals surface area contributed by atoms with Crippen LogP contribution in [0, 0.1) is 0 Å². The molecule has 1 aliphatic heterocycles. The zero-order valence-corrected chi connectivity index (χ0v) is 19.5. The smallest absolute Gasteiger partial charge is 0.253 e. The summed E-state index contributed by atoms with van der Waals surface area (Å²) in [6, 6.07) is 10.1. The number of aromatic amines is 1. The topological polar surface area (TPSA) is 86.4 Å². The summed E-state index contributed by atoms with van der Waals surface area (Å²) in [5, 5.41) is 2.92. The van der Waals surface area contributed by atoms with E-state index in [-0.39, 0.29) is 18.3 Å². The lowest BCUT2D eigenvalue weighted by Gasteiger charge is -2.32. The van der Waals surface area contributed by atoms with Crippen LogP contribution < -0.4 is 5.32 Å². The molecule has 0 saturated carbocycles. The van der Waals surface area contributed by atoms with Crippen molar-refractivity contribution in [1.29, 1.82) is 0 Å². The van der Waals surface area contributed by atoms with E-state index < -0.39 is 0 Å². The molecule has 0 bridgehead atoms. The van der Waals surface area contributed by atoms with E-state index in [2.05, 4.69) is 50.3 Å². The number of ether oxygens (including phenoxy) is 1. The Morgan fingerprint density at radius 2 is 2.03 bits per heavy atom. The van der Waals surface area contributed by atoms with E-state index in [0.29, 0.717) is 29.9 Å². The van der Waals surface area contributed by atoms with Crippen molar-refractivity contribution in [3.8, 4) is 11.4 Å². The Hall–Kier alpha value is -2.52. The Bertz CT molecular complexity index is 1030. The van der Waals surface area contributed by atoms with Gasteiger partial charge in [-0.1, -0.05) is 18.2 Å². The minimum Gasteiger partial charge on any atom is -0.385 e. The third-order valence-corrected chi connectivity index (χ3v) is 5.64. The standard InChI is InChI=1S/C23H30N6O2.ClH/c1-28-10-12-29(13-11-28)16-17-5-3-6-18(15-17)21-26-20-19(7-9-24-22(20)27-21)23(30)25-8-4-14-31-2;/h3,5-7,9,15H,4,8,10-14,16H2,1-2H3,(H,25,30)(H,24,26,27);1H. The molecular weight excluding hydrogens is 428 g/mol. The quantitative estimate of drug-likeness (QED) is 0.504. The van der Waals surface area contributed by atoms with Crippen molar-refractivity contribution in [3.05, 3.63) is 47.7 Å². The molecule has 1 fully saturated rings. The number of pyridine rings is 1. The lowest BCUT2D eigenvalue weighted by molar-refractivity contribution is 0.0950. The third-order valence-electron chi connectivity index (χ3n) is 5.64. The van der Waals surface area contributed by atoms with E-state index in [4.69, 9.17) is 9.72 Å². The molecule has 1 amide bonds. The van der Waals surface area contributed by atoms with Gasteiger partial charge >= 0.3 is 0 Å². The molecule has 0 unspecified atom stereocenters. The van der Waals surface area contributed by atoms with Crippen molar-refractivity contribution in [2.24, 2.45) is 0 Å². The molecule has 1 aliphatic rings. The average Bonchev–Trinajstić information content (AvgIpc) is 3.23. The predicted octanol–water partition coefficient (Wildman–Crippen LogP) is 2.56. The molecule has 3 aromatic rings. The lowest BCUT2D eigenvalue weighted by atomic mass is 10.1. The van der Waals surface area contributed by atoms with Gasteiger partial charge in [-0.05, 0) is 31.2 Å². The van der Waals surface area contributed by atoms with Crippen LogP contribution in [-0.4, -0.2) is 84.1 Å². The first-order valence-corrected chi connectivity index (χ1v) is 10.8. The Labute approximate surface area is 194 Å². The van der Waals surface area contributed by atoms with Gasteiger partial charge in [-0.3, -0.25) is 9.69 Å². The second-order valence-electron chi connectivity index (χ2n) is 8.02. The normalized spacial score (nSPS) is 14.9. The molecule has 4 rings (SSSR count). The second kappa shape index (κ2) is 11.4. The highest BCUT2D eigenvalue weighted by Crippen LogP contribution is 2.23.